The Balaban J connectivity index is 1.78. The molecule has 2 saturated heterocycles. The van der Waals surface area contributed by atoms with Gasteiger partial charge in [0.05, 0.1) is 0 Å². The maximum atomic E-state index is 12.7. The van der Waals surface area contributed by atoms with E-state index in [9.17, 15) is 4.79 Å². The van der Waals surface area contributed by atoms with E-state index in [0.717, 1.165) is 30.4 Å². The van der Waals surface area contributed by atoms with Crippen LogP contribution in [0.4, 0.5) is 0 Å². The first kappa shape index (κ1) is 14.0. The lowest BCUT2D eigenvalue weighted by Gasteiger charge is -2.33. The first-order valence-electron chi connectivity index (χ1n) is 7.29. The fraction of sp³-hybridized carbons (Fsp3) is 0.600. The van der Waals surface area contributed by atoms with Crippen molar-refractivity contribution >= 4 is 21.8 Å². The van der Waals surface area contributed by atoms with Crippen molar-refractivity contribution in [2.75, 3.05) is 20.1 Å². The van der Waals surface area contributed by atoms with E-state index >= 15 is 0 Å². The molecule has 4 nitrogen and oxygen atoms in total. The Hall–Kier alpha value is -0.940. The molecule has 0 aliphatic carbocycles. The molecule has 1 amide bonds. The highest BCUT2D eigenvalue weighted by Crippen LogP contribution is 2.29. The molecule has 0 bridgehead atoms. The van der Waals surface area contributed by atoms with Gasteiger partial charge in [-0.25, -0.2) is 4.98 Å². The fourth-order valence-corrected chi connectivity index (χ4v) is 3.75. The van der Waals surface area contributed by atoms with Crippen molar-refractivity contribution < 1.29 is 4.79 Å². The average molecular weight is 338 g/mol. The molecule has 0 saturated carbocycles. The Morgan fingerprint density at radius 3 is 2.65 bits per heavy atom. The molecule has 2 fully saturated rings. The first-order chi connectivity index (χ1) is 9.66. The topological polar surface area (TPSA) is 36.4 Å². The number of likely N-dealkylation sites (tertiary alicyclic amines) is 2. The summed E-state index contributed by atoms with van der Waals surface area (Å²) in [5, 5.41) is 0. The maximum absolute atomic E-state index is 12.7. The number of nitrogens with zero attached hydrogens (tertiary/aromatic N) is 3. The van der Waals surface area contributed by atoms with Crippen molar-refractivity contribution in [3.8, 4) is 0 Å². The van der Waals surface area contributed by atoms with Crippen molar-refractivity contribution in [1.82, 2.24) is 14.8 Å². The number of pyridine rings is 1. The van der Waals surface area contributed by atoms with Crippen LogP contribution in [-0.2, 0) is 0 Å². The van der Waals surface area contributed by atoms with E-state index in [0.29, 0.717) is 17.8 Å². The number of aromatic nitrogens is 1. The van der Waals surface area contributed by atoms with Crippen LogP contribution in [0, 0.1) is 0 Å². The van der Waals surface area contributed by atoms with Crippen molar-refractivity contribution in [3.63, 3.8) is 0 Å². The van der Waals surface area contributed by atoms with Crippen LogP contribution in [-0.4, -0.2) is 52.9 Å². The zero-order chi connectivity index (χ0) is 14.1. The molecule has 0 N–H and O–H groups in total. The van der Waals surface area contributed by atoms with Gasteiger partial charge >= 0.3 is 0 Å². The molecular weight excluding hydrogens is 318 g/mol. The second-order valence-electron chi connectivity index (χ2n) is 5.76. The van der Waals surface area contributed by atoms with Crippen LogP contribution in [0.1, 0.15) is 36.2 Å². The summed E-state index contributed by atoms with van der Waals surface area (Å²) < 4.78 is 0.905. The number of hydrogen-bond donors (Lipinski definition) is 0. The van der Waals surface area contributed by atoms with Crippen LogP contribution >= 0.6 is 15.9 Å². The Labute approximate surface area is 128 Å². The van der Waals surface area contributed by atoms with Crippen LogP contribution in [0.5, 0.6) is 0 Å². The van der Waals surface area contributed by atoms with E-state index in [1.165, 1.54) is 12.8 Å². The minimum absolute atomic E-state index is 0.0836. The monoisotopic (exact) mass is 337 g/mol. The van der Waals surface area contributed by atoms with Crippen molar-refractivity contribution in [2.45, 2.75) is 37.8 Å². The van der Waals surface area contributed by atoms with E-state index in [1.54, 1.807) is 12.3 Å². The van der Waals surface area contributed by atoms with Gasteiger partial charge in [0, 0.05) is 29.3 Å². The molecule has 2 aliphatic rings. The molecule has 0 unspecified atom stereocenters. The van der Waals surface area contributed by atoms with Crippen LogP contribution in [0.15, 0.2) is 22.8 Å². The Kier molecular flexibility index (Phi) is 4.08. The standard InChI is InChI=1S/C15H20BrN3O/c1-18-8-2-4-13(18)14-5-3-9-19(14)15(20)12-7-6-11(16)10-17-12/h6-7,10,13-14H,2-5,8-9H2,1H3/t13-,14-/m0/s1. The van der Waals surface area contributed by atoms with Gasteiger partial charge < -0.3 is 9.80 Å². The van der Waals surface area contributed by atoms with E-state index in [2.05, 4.69) is 32.9 Å². The summed E-state index contributed by atoms with van der Waals surface area (Å²) in [5.74, 6) is 0.0836. The summed E-state index contributed by atoms with van der Waals surface area (Å²) in [5.41, 5.74) is 0.556. The van der Waals surface area contributed by atoms with E-state index in [4.69, 9.17) is 0 Å². The molecule has 3 rings (SSSR count). The quantitative estimate of drug-likeness (QED) is 0.832. The molecule has 0 radical (unpaired) electrons. The molecule has 5 heteroatoms. The molecule has 2 atom stereocenters. The van der Waals surface area contributed by atoms with Gasteiger partial charge in [0.2, 0.25) is 0 Å². The third-order valence-corrected chi connectivity index (χ3v) is 5.00. The van der Waals surface area contributed by atoms with E-state index in [-0.39, 0.29) is 5.91 Å². The lowest BCUT2D eigenvalue weighted by atomic mass is 10.0. The molecule has 2 aliphatic heterocycles. The summed E-state index contributed by atoms with van der Waals surface area (Å²) in [6.07, 6.45) is 6.38. The largest absolute Gasteiger partial charge is 0.333 e. The lowest BCUT2D eigenvalue weighted by molar-refractivity contribution is 0.0658. The van der Waals surface area contributed by atoms with Crippen molar-refractivity contribution in [1.29, 1.82) is 0 Å². The number of carbonyl (C=O) groups is 1. The molecular formula is C15H20BrN3O. The van der Waals surface area contributed by atoms with Crippen molar-refractivity contribution in [2.24, 2.45) is 0 Å². The number of hydrogen-bond acceptors (Lipinski definition) is 3. The summed E-state index contributed by atoms with van der Waals surface area (Å²) in [6, 6.07) is 4.57. The predicted octanol–water partition coefficient (Wildman–Crippen LogP) is 2.54. The Bertz CT molecular complexity index is 490. The van der Waals surface area contributed by atoms with Crippen molar-refractivity contribution in [3.05, 3.63) is 28.5 Å². The number of carbonyl (C=O) groups excluding carboxylic acids is 1. The fourth-order valence-electron chi connectivity index (χ4n) is 3.52. The van der Waals surface area contributed by atoms with Crippen LogP contribution in [0.25, 0.3) is 0 Å². The highest BCUT2D eigenvalue weighted by atomic mass is 79.9. The second-order valence-corrected chi connectivity index (χ2v) is 6.68. The predicted molar refractivity (Wildman–Crippen MR) is 81.6 cm³/mol. The van der Waals surface area contributed by atoms with Gasteiger partial charge in [-0.2, -0.15) is 0 Å². The minimum Gasteiger partial charge on any atom is -0.333 e. The van der Waals surface area contributed by atoms with Gasteiger partial charge in [0.25, 0.3) is 5.91 Å². The molecule has 1 aromatic heterocycles. The summed E-state index contributed by atoms with van der Waals surface area (Å²) in [6.45, 7) is 2.02. The third-order valence-electron chi connectivity index (χ3n) is 4.53. The van der Waals surface area contributed by atoms with Gasteiger partial charge in [-0.1, -0.05) is 0 Å². The van der Waals surface area contributed by atoms with Crippen LogP contribution < -0.4 is 0 Å². The number of likely N-dealkylation sites (N-methyl/N-ethyl adjacent to an activating group) is 1. The van der Waals surface area contributed by atoms with Crippen LogP contribution in [0.2, 0.25) is 0 Å². The Morgan fingerprint density at radius 2 is 2.00 bits per heavy atom. The van der Waals surface area contributed by atoms with Gasteiger partial charge in [0.1, 0.15) is 5.69 Å². The van der Waals surface area contributed by atoms with Crippen LogP contribution in [0.3, 0.4) is 0 Å². The Morgan fingerprint density at radius 1 is 1.25 bits per heavy atom. The molecule has 20 heavy (non-hydrogen) atoms. The lowest BCUT2D eigenvalue weighted by Crippen LogP contribution is -2.47. The number of halogens is 1. The molecule has 108 valence electrons. The average Bonchev–Trinajstić information content (AvgIpc) is 3.07. The van der Waals surface area contributed by atoms with E-state index < -0.39 is 0 Å². The normalized spacial score (nSPS) is 27.2. The molecule has 3 heterocycles. The number of amides is 1. The zero-order valence-electron chi connectivity index (χ0n) is 11.8. The highest BCUT2D eigenvalue weighted by molar-refractivity contribution is 9.10. The van der Waals surface area contributed by atoms with Gasteiger partial charge in [-0.15, -0.1) is 0 Å². The summed E-state index contributed by atoms with van der Waals surface area (Å²) in [7, 11) is 2.18. The molecule has 0 spiro atoms. The summed E-state index contributed by atoms with van der Waals surface area (Å²) in [4.78, 5) is 21.4. The zero-order valence-corrected chi connectivity index (χ0v) is 13.3. The highest BCUT2D eigenvalue weighted by Gasteiger charge is 2.38. The minimum atomic E-state index is 0.0836. The molecule has 1 aromatic rings. The van der Waals surface area contributed by atoms with Gasteiger partial charge in [0.15, 0.2) is 0 Å². The molecule has 0 aromatic carbocycles. The van der Waals surface area contributed by atoms with Gasteiger partial charge in [-0.3, -0.25) is 4.79 Å². The second kappa shape index (κ2) is 5.82. The van der Waals surface area contributed by atoms with E-state index in [1.807, 2.05) is 11.0 Å². The maximum Gasteiger partial charge on any atom is 0.272 e. The summed E-state index contributed by atoms with van der Waals surface area (Å²) >= 11 is 3.36. The number of rotatable bonds is 2. The third kappa shape index (κ3) is 2.61. The first-order valence-corrected chi connectivity index (χ1v) is 8.09. The SMILES string of the molecule is CN1CCC[C@H]1[C@@H]1CCCN1C(=O)c1ccc(Br)cn1. The van der Waals surface area contributed by atoms with Gasteiger partial charge in [-0.05, 0) is 67.3 Å². The smallest absolute Gasteiger partial charge is 0.272 e.